The summed E-state index contributed by atoms with van der Waals surface area (Å²) in [6.45, 7) is 3.89. The van der Waals surface area contributed by atoms with Crippen LogP contribution in [-0.4, -0.2) is 24.4 Å². The summed E-state index contributed by atoms with van der Waals surface area (Å²) in [5.74, 6) is -0.531. The van der Waals surface area contributed by atoms with E-state index in [1.54, 1.807) is 11.8 Å². The summed E-state index contributed by atoms with van der Waals surface area (Å²) in [5.41, 5.74) is 7.67. The Morgan fingerprint density at radius 1 is 1.33 bits per heavy atom. The molecule has 2 amide bonds. The van der Waals surface area contributed by atoms with E-state index in [-0.39, 0.29) is 30.4 Å². The molecule has 0 aliphatic carbocycles. The number of carbonyl (C=O) groups is 2. The zero-order valence-electron chi connectivity index (χ0n) is 10.5. The zero-order valence-corrected chi connectivity index (χ0v) is 10.5. The molecule has 1 aliphatic heterocycles. The van der Waals surface area contributed by atoms with E-state index in [1.165, 1.54) is 0 Å². The first-order valence-corrected chi connectivity index (χ1v) is 5.95. The Bertz CT molecular complexity index is 468. The van der Waals surface area contributed by atoms with Gasteiger partial charge in [0.2, 0.25) is 11.8 Å². The first-order chi connectivity index (χ1) is 8.49. The predicted octanol–water partition coefficient (Wildman–Crippen LogP) is 0.558. The summed E-state index contributed by atoms with van der Waals surface area (Å²) in [4.78, 5) is 24.7. The minimum absolute atomic E-state index is 0.0252. The second-order valence-corrected chi connectivity index (χ2v) is 4.60. The molecular weight excluding hydrogens is 230 g/mol. The van der Waals surface area contributed by atoms with Crippen LogP contribution in [0.2, 0.25) is 0 Å². The lowest BCUT2D eigenvalue weighted by molar-refractivity contribution is -0.132. The Hall–Kier alpha value is -1.88. The van der Waals surface area contributed by atoms with Crippen LogP contribution in [0.1, 0.15) is 25.5 Å². The van der Waals surface area contributed by atoms with Gasteiger partial charge in [0.1, 0.15) is 6.04 Å². The molecule has 1 aromatic rings. The lowest BCUT2D eigenvalue weighted by Crippen LogP contribution is -2.57. The largest absolute Gasteiger partial charge is 0.350 e. The van der Waals surface area contributed by atoms with Gasteiger partial charge in [-0.3, -0.25) is 14.9 Å². The molecule has 2 rings (SSSR count). The maximum atomic E-state index is 11.6. The van der Waals surface area contributed by atoms with Gasteiger partial charge in [-0.15, -0.1) is 0 Å². The number of nitrogens with zero attached hydrogens (tertiary/aromatic N) is 1. The van der Waals surface area contributed by atoms with E-state index in [1.807, 2.05) is 31.2 Å². The van der Waals surface area contributed by atoms with Gasteiger partial charge < -0.3 is 10.6 Å². The van der Waals surface area contributed by atoms with Crippen molar-refractivity contribution in [2.24, 2.45) is 5.73 Å². The summed E-state index contributed by atoms with van der Waals surface area (Å²) >= 11 is 0. The second-order valence-electron chi connectivity index (χ2n) is 4.60. The Morgan fingerprint density at radius 3 is 2.50 bits per heavy atom. The first-order valence-electron chi connectivity index (χ1n) is 5.95. The van der Waals surface area contributed by atoms with Gasteiger partial charge in [0.25, 0.3) is 0 Å². The highest BCUT2D eigenvalue weighted by molar-refractivity contribution is 6.04. The molecule has 0 radical (unpaired) electrons. The molecule has 2 atom stereocenters. The van der Waals surface area contributed by atoms with Crippen LogP contribution in [0.15, 0.2) is 24.3 Å². The maximum Gasteiger partial charge on any atom is 0.249 e. The quantitative estimate of drug-likeness (QED) is 0.749. The van der Waals surface area contributed by atoms with Crippen molar-refractivity contribution in [3.8, 4) is 0 Å². The van der Waals surface area contributed by atoms with E-state index in [9.17, 15) is 9.59 Å². The van der Waals surface area contributed by atoms with Gasteiger partial charge in [0.05, 0.1) is 6.54 Å². The van der Waals surface area contributed by atoms with Gasteiger partial charge >= 0.3 is 0 Å². The Balaban J connectivity index is 2.24. The molecule has 1 fully saturated rings. The van der Waals surface area contributed by atoms with E-state index in [0.717, 1.165) is 11.3 Å². The average Bonchev–Trinajstić information content (AvgIpc) is 2.34. The van der Waals surface area contributed by atoms with Gasteiger partial charge in [0.15, 0.2) is 0 Å². The number of nitrogens with one attached hydrogen (secondary N) is 1. The van der Waals surface area contributed by atoms with Gasteiger partial charge in [-0.05, 0) is 31.5 Å². The van der Waals surface area contributed by atoms with Crippen LogP contribution in [-0.2, 0) is 9.59 Å². The molecule has 18 heavy (non-hydrogen) atoms. The summed E-state index contributed by atoms with van der Waals surface area (Å²) in [7, 11) is 0. The van der Waals surface area contributed by atoms with E-state index < -0.39 is 0 Å². The monoisotopic (exact) mass is 247 g/mol. The van der Waals surface area contributed by atoms with Crippen LogP contribution in [0, 0.1) is 0 Å². The Morgan fingerprint density at radius 2 is 1.94 bits per heavy atom. The number of amides is 2. The molecule has 1 aromatic carbocycles. The lowest BCUT2D eigenvalue weighted by atomic mass is 10.1. The van der Waals surface area contributed by atoms with Crippen LogP contribution < -0.4 is 16.0 Å². The molecule has 0 saturated carbocycles. The fourth-order valence-corrected chi connectivity index (χ4v) is 2.00. The first kappa shape index (κ1) is 12.6. The fourth-order valence-electron chi connectivity index (χ4n) is 2.00. The summed E-state index contributed by atoms with van der Waals surface area (Å²) in [6, 6.07) is 7.25. The van der Waals surface area contributed by atoms with Crippen LogP contribution in [0.3, 0.4) is 0 Å². The maximum absolute atomic E-state index is 11.6. The van der Waals surface area contributed by atoms with Crippen molar-refractivity contribution in [2.45, 2.75) is 25.9 Å². The summed E-state index contributed by atoms with van der Waals surface area (Å²) in [6.07, 6.45) is 0. The molecule has 5 nitrogen and oxygen atoms in total. The fraction of sp³-hybridized carbons (Fsp3) is 0.385. The second kappa shape index (κ2) is 4.78. The number of anilines is 1. The highest BCUT2D eigenvalue weighted by Crippen LogP contribution is 2.21. The van der Waals surface area contributed by atoms with E-state index in [2.05, 4.69) is 5.32 Å². The summed E-state index contributed by atoms with van der Waals surface area (Å²) < 4.78 is 0. The van der Waals surface area contributed by atoms with E-state index >= 15 is 0 Å². The lowest BCUT2D eigenvalue weighted by Gasteiger charge is -2.33. The molecule has 0 aromatic heterocycles. The third-order valence-corrected chi connectivity index (χ3v) is 3.17. The molecule has 1 aliphatic rings. The third kappa shape index (κ3) is 2.36. The number of hydrogen-bond acceptors (Lipinski definition) is 4. The highest BCUT2D eigenvalue weighted by Gasteiger charge is 2.30. The van der Waals surface area contributed by atoms with Gasteiger partial charge in [-0.1, -0.05) is 12.1 Å². The molecule has 0 spiro atoms. The van der Waals surface area contributed by atoms with Crippen LogP contribution in [0.25, 0.3) is 0 Å². The number of hydrogen-bond donors (Lipinski definition) is 2. The normalized spacial score (nSPS) is 21.7. The Labute approximate surface area is 106 Å². The van der Waals surface area contributed by atoms with Crippen molar-refractivity contribution >= 4 is 17.5 Å². The number of benzene rings is 1. The average molecular weight is 247 g/mol. The van der Waals surface area contributed by atoms with Crippen LogP contribution in [0.5, 0.6) is 0 Å². The van der Waals surface area contributed by atoms with Crippen molar-refractivity contribution in [3.05, 3.63) is 29.8 Å². The molecule has 1 saturated heterocycles. The van der Waals surface area contributed by atoms with Crippen LogP contribution in [0.4, 0.5) is 5.69 Å². The van der Waals surface area contributed by atoms with Gasteiger partial charge in [-0.2, -0.15) is 0 Å². The molecule has 3 N–H and O–H groups in total. The Kier molecular flexibility index (Phi) is 3.34. The third-order valence-electron chi connectivity index (χ3n) is 3.17. The number of piperazine rings is 1. The minimum atomic E-state index is -0.344. The number of nitrogens with two attached hydrogens (primary N) is 1. The van der Waals surface area contributed by atoms with Crippen molar-refractivity contribution in [1.29, 1.82) is 0 Å². The van der Waals surface area contributed by atoms with Crippen molar-refractivity contribution < 1.29 is 9.59 Å². The molecule has 96 valence electrons. The van der Waals surface area contributed by atoms with E-state index in [0.29, 0.717) is 0 Å². The summed E-state index contributed by atoms with van der Waals surface area (Å²) in [5, 5.41) is 2.32. The van der Waals surface area contributed by atoms with Crippen molar-refractivity contribution in [1.82, 2.24) is 5.32 Å². The van der Waals surface area contributed by atoms with Crippen molar-refractivity contribution in [2.75, 3.05) is 11.4 Å². The standard InChI is InChI=1S/C13H17N3O2/c1-8(14)10-3-5-11(6-4-10)16-7-12(17)15-13(18)9(16)2/h3-6,8-9H,7,14H2,1-2H3,(H,15,17,18)/t8-,9?/m1/s1. The number of imide groups is 1. The predicted molar refractivity (Wildman–Crippen MR) is 69.0 cm³/mol. The minimum Gasteiger partial charge on any atom is -0.350 e. The SMILES string of the molecule is CC1C(=O)NC(=O)CN1c1ccc([C@@H](C)N)cc1. The van der Waals surface area contributed by atoms with Crippen molar-refractivity contribution in [3.63, 3.8) is 0 Å². The number of carbonyl (C=O) groups excluding carboxylic acids is 2. The molecular formula is C13H17N3O2. The smallest absolute Gasteiger partial charge is 0.249 e. The zero-order chi connectivity index (χ0) is 13.3. The molecule has 1 unspecified atom stereocenters. The van der Waals surface area contributed by atoms with E-state index in [4.69, 9.17) is 5.73 Å². The molecule has 5 heteroatoms. The van der Waals surface area contributed by atoms with Gasteiger partial charge in [-0.25, -0.2) is 0 Å². The number of rotatable bonds is 2. The van der Waals surface area contributed by atoms with Crippen LogP contribution >= 0.6 is 0 Å². The molecule has 0 bridgehead atoms. The topological polar surface area (TPSA) is 75.4 Å². The highest BCUT2D eigenvalue weighted by atomic mass is 16.2. The van der Waals surface area contributed by atoms with Gasteiger partial charge in [0, 0.05) is 11.7 Å². The molecule has 1 heterocycles.